The zero-order valence-electron chi connectivity index (χ0n) is 11.9. The summed E-state index contributed by atoms with van der Waals surface area (Å²) in [5.74, 6) is -2.42. The van der Waals surface area contributed by atoms with Gasteiger partial charge in [-0.2, -0.15) is 10.5 Å². The fraction of sp³-hybridized carbons (Fsp3) is 0.250. The van der Waals surface area contributed by atoms with Crippen LogP contribution < -0.4 is 5.32 Å². The fourth-order valence-electron chi connectivity index (χ4n) is 2.50. The SMILES string of the molecule is COC(=O)/C(C#N)=C1\NC(=O)CC(c2ccccc2)C1C#N. The molecule has 1 amide bonds. The molecular weight excluding hydrogens is 282 g/mol. The van der Waals surface area contributed by atoms with Gasteiger partial charge in [0.15, 0.2) is 5.57 Å². The van der Waals surface area contributed by atoms with Gasteiger partial charge >= 0.3 is 5.97 Å². The van der Waals surface area contributed by atoms with Crippen molar-refractivity contribution < 1.29 is 14.3 Å². The molecule has 1 aromatic rings. The molecule has 1 N–H and O–H groups in total. The topological polar surface area (TPSA) is 103 Å². The number of benzene rings is 1. The zero-order valence-corrected chi connectivity index (χ0v) is 11.9. The smallest absolute Gasteiger partial charge is 0.350 e. The standard InChI is InChI=1S/C16H13N3O3/c1-22-16(21)13(9-18)15-12(8-17)11(7-14(20)19-15)10-5-3-2-4-6-10/h2-6,11-12H,7H2,1H3,(H,19,20)/b15-13-. The Hall–Kier alpha value is -3.12. The van der Waals surface area contributed by atoms with Crippen molar-refractivity contribution >= 4 is 11.9 Å². The van der Waals surface area contributed by atoms with Crippen LogP contribution >= 0.6 is 0 Å². The monoisotopic (exact) mass is 295 g/mol. The van der Waals surface area contributed by atoms with Crippen molar-refractivity contribution in [3.8, 4) is 12.1 Å². The largest absolute Gasteiger partial charge is 0.465 e. The normalized spacial score (nSPS) is 22.8. The summed E-state index contributed by atoms with van der Waals surface area (Å²) in [4.78, 5) is 23.6. The van der Waals surface area contributed by atoms with Gasteiger partial charge in [-0.15, -0.1) is 0 Å². The van der Waals surface area contributed by atoms with Gasteiger partial charge in [-0.3, -0.25) is 4.79 Å². The molecule has 1 aliphatic rings. The van der Waals surface area contributed by atoms with E-state index < -0.39 is 17.8 Å². The zero-order chi connectivity index (χ0) is 16.1. The lowest BCUT2D eigenvalue weighted by atomic mass is 9.78. The molecule has 2 rings (SSSR count). The Morgan fingerprint density at radius 3 is 2.55 bits per heavy atom. The molecule has 1 fully saturated rings. The number of allylic oxidation sites excluding steroid dienone is 1. The molecule has 0 spiro atoms. The quantitative estimate of drug-likeness (QED) is 0.504. The Morgan fingerprint density at radius 1 is 1.32 bits per heavy atom. The maximum Gasteiger partial charge on any atom is 0.350 e. The van der Waals surface area contributed by atoms with Crippen LogP contribution in [-0.4, -0.2) is 19.0 Å². The summed E-state index contributed by atoms with van der Waals surface area (Å²) in [7, 11) is 1.14. The van der Waals surface area contributed by atoms with Crippen molar-refractivity contribution in [1.82, 2.24) is 5.32 Å². The molecule has 0 radical (unpaired) electrons. The van der Waals surface area contributed by atoms with Crippen molar-refractivity contribution in [3.05, 3.63) is 47.2 Å². The number of nitrogens with one attached hydrogen (secondary N) is 1. The number of hydrogen-bond acceptors (Lipinski definition) is 5. The van der Waals surface area contributed by atoms with Gasteiger partial charge in [-0.05, 0) is 5.56 Å². The summed E-state index contributed by atoms with van der Waals surface area (Å²) in [5, 5.41) is 21.1. The average Bonchev–Trinajstić information content (AvgIpc) is 2.55. The predicted molar refractivity (Wildman–Crippen MR) is 75.7 cm³/mol. The van der Waals surface area contributed by atoms with Crippen molar-refractivity contribution in [3.63, 3.8) is 0 Å². The first-order chi connectivity index (χ1) is 10.6. The van der Waals surface area contributed by atoms with Crippen molar-refractivity contribution in [2.24, 2.45) is 5.92 Å². The third-order valence-electron chi connectivity index (χ3n) is 3.53. The van der Waals surface area contributed by atoms with E-state index in [1.807, 2.05) is 30.3 Å². The van der Waals surface area contributed by atoms with Crippen LogP contribution in [0.3, 0.4) is 0 Å². The number of esters is 1. The molecule has 0 bridgehead atoms. The lowest BCUT2D eigenvalue weighted by molar-refractivity contribution is -0.135. The van der Waals surface area contributed by atoms with Gasteiger partial charge in [-0.25, -0.2) is 4.79 Å². The van der Waals surface area contributed by atoms with Crippen molar-refractivity contribution in [1.29, 1.82) is 10.5 Å². The van der Waals surface area contributed by atoms with E-state index in [0.29, 0.717) is 0 Å². The number of nitrogens with zero attached hydrogens (tertiary/aromatic N) is 2. The molecule has 1 saturated heterocycles. The third-order valence-corrected chi connectivity index (χ3v) is 3.53. The first-order valence-corrected chi connectivity index (χ1v) is 6.59. The molecule has 6 nitrogen and oxygen atoms in total. The Morgan fingerprint density at radius 2 is 2.00 bits per heavy atom. The maximum atomic E-state index is 11.9. The number of carbonyl (C=O) groups is 2. The van der Waals surface area contributed by atoms with Gasteiger partial charge in [0.05, 0.1) is 24.8 Å². The number of hydrogen-bond donors (Lipinski definition) is 1. The van der Waals surface area contributed by atoms with Crippen LogP contribution in [-0.2, 0) is 14.3 Å². The summed E-state index contributed by atoms with van der Waals surface area (Å²) >= 11 is 0. The third kappa shape index (κ3) is 2.82. The molecule has 0 aromatic heterocycles. The molecule has 1 aliphatic heterocycles. The second-order valence-electron chi connectivity index (χ2n) is 4.77. The minimum absolute atomic E-state index is 0.0157. The highest BCUT2D eigenvalue weighted by atomic mass is 16.5. The molecule has 2 unspecified atom stereocenters. The molecule has 2 atom stereocenters. The van der Waals surface area contributed by atoms with Crippen LogP contribution in [0.2, 0.25) is 0 Å². The van der Waals surface area contributed by atoms with Gasteiger partial charge in [0.1, 0.15) is 6.07 Å². The van der Waals surface area contributed by atoms with E-state index in [2.05, 4.69) is 16.1 Å². The maximum absolute atomic E-state index is 11.9. The molecule has 6 heteroatoms. The van der Waals surface area contributed by atoms with Crippen LogP contribution in [0.1, 0.15) is 17.9 Å². The van der Waals surface area contributed by atoms with Gasteiger partial charge < -0.3 is 10.1 Å². The first kappa shape index (κ1) is 15.3. The number of ether oxygens (including phenoxy) is 1. The molecule has 22 heavy (non-hydrogen) atoms. The minimum atomic E-state index is -0.869. The Kier molecular flexibility index (Phi) is 4.55. The Balaban J connectivity index is 2.54. The predicted octanol–water partition coefficient (Wildman–Crippen LogP) is 1.38. The van der Waals surface area contributed by atoms with Gasteiger partial charge in [0.25, 0.3) is 0 Å². The average molecular weight is 295 g/mol. The molecule has 1 aromatic carbocycles. The van der Waals surface area contributed by atoms with Gasteiger partial charge in [-0.1, -0.05) is 30.3 Å². The fourth-order valence-corrected chi connectivity index (χ4v) is 2.50. The lowest BCUT2D eigenvalue weighted by Gasteiger charge is -2.30. The number of rotatable bonds is 2. The van der Waals surface area contributed by atoms with Gasteiger partial charge in [0, 0.05) is 12.3 Å². The van der Waals surface area contributed by atoms with Crippen LogP contribution in [0.25, 0.3) is 0 Å². The van der Waals surface area contributed by atoms with Crippen LogP contribution in [0.15, 0.2) is 41.6 Å². The van der Waals surface area contributed by atoms with E-state index in [1.165, 1.54) is 0 Å². The number of piperidine rings is 1. The van der Waals surface area contributed by atoms with E-state index in [4.69, 9.17) is 5.26 Å². The molecule has 110 valence electrons. The van der Waals surface area contributed by atoms with Crippen molar-refractivity contribution in [2.45, 2.75) is 12.3 Å². The van der Waals surface area contributed by atoms with E-state index in [1.54, 1.807) is 6.07 Å². The summed E-state index contributed by atoms with van der Waals surface area (Å²) in [6.07, 6.45) is 0.117. The van der Waals surface area contributed by atoms with Crippen LogP contribution in [0.4, 0.5) is 0 Å². The molecule has 0 aliphatic carbocycles. The molecule has 1 heterocycles. The first-order valence-electron chi connectivity index (χ1n) is 6.59. The minimum Gasteiger partial charge on any atom is -0.465 e. The van der Waals surface area contributed by atoms with Crippen LogP contribution in [0.5, 0.6) is 0 Å². The van der Waals surface area contributed by atoms with Gasteiger partial charge in [0.2, 0.25) is 5.91 Å². The number of methoxy groups -OCH3 is 1. The van der Waals surface area contributed by atoms with E-state index >= 15 is 0 Å². The van der Waals surface area contributed by atoms with Crippen molar-refractivity contribution in [2.75, 3.05) is 7.11 Å². The summed E-state index contributed by atoms with van der Waals surface area (Å²) in [5.41, 5.74) is 0.480. The molecular formula is C16H13N3O3. The lowest BCUT2D eigenvalue weighted by Crippen LogP contribution is -2.39. The van der Waals surface area contributed by atoms with Crippen LogP contribution in [0, 0.1) is 28.6 Å². The number of amides is 1. The Bertz CT molecular complexity index is 710. The highest BCUT2D eigenvalue weighted by Crippen LogP contribution is 2.36. The highest BCUT2D eigenvalue weighted by Gasteiger charge is 2.37. The summed E-state index contributed by atoms with van der Waals surface area (Å²) < 4.78 is 4.55. The molecule has 0 saturated carbocycles. The summed E-state index contributed by atoms with van der Waals surface area (Å²) in [6.45, 7) is 0. The second kappa shape index (κ2) is 6.55. The number of nitriles is 2. The van der Waals surface area contributed by atoms with E-state index in [0.717, 1.165) is 12.7 Å². The second-order valence-corrected chi connectivity index (χ2v) is 4.77. The van der Waals surface area contributed by atoms with E-state index in [-0.39, 0.29) is 23.6 Å². The highest BCUT2D eigenvalue weighted by molar-refractivity contribution is 5.95. The van der Waals surface area contributed by atoms with E-state index in [9.17, 15) is 14.9 Å². The summed E-state index contributed by atoms with van der Waals surface area (Å²) in [6, 6.07) is 12.9. The Labute approximate surface area is 127 Å². The number of carbonyl (C=O) groups excluding carboxylic acids is 2.